The number of hydrogen-bond acceptors (Lipinski definition) is 3. The molecule has 2 N–H and O–H groups in total. The van der Waals surface area contributed by atoms with Crippen molar-refractivity contribution >= 4 is 0 Å². The van der Waals surface area contributed by atoms with E-state index in [1.54, 1.807) is 0 Å². The number of β-amino-alcohol motifs (C(OH)–C–C–N with tert-alkyl or cyclic N) is 1. The van der Waals surface area contributed by atoms with E-state index < -0.39 is 5.60 Å². The first-order valence-electron chi connectivity index (χ1n) is 8.59. The Morgan fingerprint density at radius 3 is 2.65 bits per heavy atom. The van der Waals surface area contributed by atoms with E-state index in [1.165, 1.54) is 19.3 Å². The van der Waals surface area contributed by atoms with Gasteiger partial charge in [-0.1, -0.05) is 20.8 Å². The molecule has 0 amide bonds. The van der Waals surface area contributed by atoms with Crippen LogP contribution in [0.4, 0.5) is 0 Å². The third-order valence-electron chi connectivity index (χ3n) is 5.33. The molecule has 5 unspecified atom stereocenters. The van der Waals surface area contributed by atoms with E-state index in [4.69, 9.17) is 0 Å². The van der Waals surface area contributed by atoms with Crippen LogP contribution in [0.3, 0.4) is 0 Å². The van der Waals surface area contributed by atoms with Crippen LogP contribution in [-0.2, 0) is 0 Å². The van der Waals surface area contributed by atoms with Crippen LogP contribution in [-0.4, -0.2) is 47.8 Å². The van der Waals surface area contributed by atoms with Crippen LogP contribution in [0, 0.1) is 17.8 Å². The molecular weight excluding hydrogens is 248 g/mol. The van der Waals surface area contributed by atoms with Gasteiger partial charge in [0, 0.05) is 25.7 Å². The number of nitrogens with zero attached hydrogens (tertiary/aromatic N) is 1. The number of likely N-dealkylation sites (tertiary alicyclic amines) is 1. The van der Waals surface area contributed by atoms with Gasteiger partial charge in [0.1, 0.15) is 0 Å². The number of aliphatic hydroxyl groups is 1. The maximum atomic E-state index is 10.2. The van der Waals surface area contributed by atoms with E-state index in [1.807, 2.05) is 6.92 Å². The van der Waals surface area contributed by atoms with E-state index in [0.717, 1.165) is 50.4 Å². The van der Waals surface area contributed by atoms with E-state index in [0.29, 0.717) is 6.04 Å². The highest BCUT2D eigenvalue weighted by molar-refractivity contribution is 4.93. The fourth-order valence-corrected chi connectivity index (χ4v) is 4.27. The normalized spacial score (nSPS) is 43.0. The second kappa shape index (κ2) is 6.76. The molecule has 1 saturated carbocycles. The van der Waals surface area contributed by atoms with Crippen LogP contribution in [0.5, 0.6) is 0 Å². The summed E-state index contributed by atoms with van der Waals surface area (Å²) in [6.45, 7) is 13.3. The molecule has 0 aromatic rings. The lowest BCUT2D eigenvalue weighted by Crippen LogP contribution is -2.49. The lowest BCUT2D eigenvalue weighted by molar-refractivity contribution is 0.0567. The predicted molar refractivity (Wildman–Crippen MR) is 84.8 cm³/mol. The van der Waals surface area contributed by atoms with Crippen molar-refractivity contribution in [2.45, 2.75) is 65.0 Å². The monoisotopic (exact) mass is 282 g/mol. The van der Waals surface area contributed by atoms with Gasteiger partial charge in [-0.25, -0.2) is 0 Å². The molecule has 0 bridgehead atoms. The fraction of sp³-hybridized carbons (Fsp3) is 1.00. The molecule has 20 heavy (non-hydrogen) atoms. The summed E-state index contributed by atoms with van der Waals surface area (Å²) in [6, 6.07) is 0.666. The predicted octanol–water partition coefficient (Wildman–Crippen LogP) is 2.49. The van der Waals surface area contributed by atoms with Crippen molar-refractivity contribution < 1.29 is 5.11 Å². The molecule has 1 aliphatic heterocycles. The largest absolute Gasteiger partial charge is 0.389 e. The molecule has 1 heterocycles. The molecule has 3 heteroatoms. The molecule has 2 aliphatic rings. The Morgan fingerprint density at radius 2 is 2.05 bits per heavy atom. The average Bonchev–Trinajstić information content (AvgIpc) is 2.70. The first-order valence-corrected chi connectivity index (χ1v) is 8.59. The van der Waals surface area contributed by atoms with Gasteiger partial charge in [-0.2, -0.15) is 0 Å². The van der Waals surface area contributed by atoms with Crippen LogP contribution in [0.2, 0.25) is 0 Å². The zero-order chi connectivity index (χ0) is 14.8. The van der Waals surface area contributed by atoms with E-state index in [2.05, 4.69) is 31.0 Å². The van der Waals surface area contributed by atoms with E-state index in [-0.39, 0.29) is 0 Å². The van der Waals surface area contributed by atoms with Crippen molar-refractivity contribution in [2.24, 2.45) is 17.8 Å². The van der Waals surface area contributed by atoms with Crippen molar-refractivity contribution in [3.05, 3.63) is 0 Å². The lowest BCUT2D eigenvalue weighted by atomic mass is 9.72. The molecule has 5 atom stereocenters. The van der Waals surface area contributed by atoms with Crippen LogP contribution in [0.15, 0.2) is 0 Å². The van der Waals surface area contributed by atoms with Crippen molar-refractivity contribution in [1.29, 1.82) is 0 Å². The first-order chi connectivity index (χ1) is 9.41. The summed E-state index contributed by atoms with van der Waals surface area (Å²) in [4.78, 5) is 2.48. The lowest BCUT2D eigenvalue weighted by Gasteiger charge is -2.42. The Labute approximate surface area is 125 Å². The van der Waals surface area contributed by atoms with Gasteiger partial charge in [0.05, 0.1) is 5.60 Å². The summed E-state index contributed by atoms with van der Waals surface area (Å²) in [5, 5.41) is 13.9. The Morgan fingerprint density at radius 1 is 1.30 bits per heavy atom. The second-order valence-electron chi connectivity index (χ2n) is 7.76. The summed E-state index contributed by atoms with van der Waals surface area (Å²) in [6.07, 6.45) is 4.82. The molecule has 0 aromatic heterocycles. The molecular formula is C17H34N2O. The third-order valence-corrected chi connectivity index (χ3v) is 5.33. The third kappa shape index (κ3) is 4.19. The highest BCUT2D eigenvalue weighted by atomic mass is 16.3. The maximum absolute atomic E-state index is 10.2. The van der Waals surface area contributed by atoms with Crippen LogP contribution >= 0.6 is 0 Å². The van der Waals surface area contributed by atoms with Crippen LogP contribution in [0.25, 0.3) is 0 Å². The van der Waals surface area contributed by atoms with Crippen molar-refractivity contribution in [2.75, 3.05) is 26.2 Å². The van der Waals surface area contributed by atoms with Gasteiger partial charge in [-0.15, -0.1) is 0 Å². The number of rotatable bonds is 5. The van der Waals surface area contributed by atoms with Gasteiger partial charge in [0.25, 0.3) is 0 Å². The van der Waals surface area contributed by atoms with Crippen molar-refractivity contribution in [3.8, 4) is 0 Å². The quantitative estimate of drug-likeness (QED) is 0.813. The molecule has 2 rings (SSSR count). The summed E-state index contributed by atoms with van der Waals surface area (Å²) in [5.41, 5.74) is -0.461. The van der Waals surface area contributed by atoms with Gasteiger partial charge >= 0.3 is 0 Å². The highest BCUT2D eigenvalue weighted by Crippen LogP contribution is 2.35. The molecule has 0 aromatic carbocycles. The zero-order valence-corrected chi connectivity index (χ0v) is 13.9. The van der Waals surface area contributed by atoms with E-state index >= 15 is 0 Å². The van der Waals surface area contributed by atoms with Gasteiger partial charge < -0.3 is 15.3 Å². The molecule has 118 valence electrons. The minimum absolute atomic E-state index is 0.461. The Hall–Kier alpha value is -0.120. The van der Waals surface area contributed by atoms with Gasteiger partial charge in [0.2, 0.25) is 0 Å². The minimum Gasteiger partial charge on any atom is -0.389 e. The molecule has 0 radical (unpaired) electrons. The van der Waals surface area contributed by atoms with Crippen molar-refractivity contribution in [1.82, 2.24) is 10.2 Å². The standard InChI is InChI=1S/C17H34N2O/c1-5-7-18-16-10-13(2)9-14(3)15(16)11-19-8-6-17(4,20)12-19/h13-16,18,20H,5-12H2,1-4H3. The summed E-state index contributed by atoms with van der Waals surface area (Å²) in [7, 11) is 0. The molecule has 1 saturated heterocycles. The minimum atomic E-state index is -0.461. The maximum Gasteiger partial charge on any atom is 0.0758 e. The average molecular weight is 282 g/mol. The molecule has 1 aliphatic carbocycles. The van der Waals surface area contributed by atoms with Gasteiger partial charge in [0.15, 0.2) is 0 Å². The first kappa shape index (κ1) is 16.3. The van der Waals surface area contributed by atoms with E-state index in [9.17, 15) is 5.11 Å². The SMILES string of the molecule is CCCNC1CC(C)CC(C)C1CN1CCC(C)(O)C1. The molecule has 3 nitrogen and oxygen atoms in total. The second-order valence-corrected chi connectivity index (χ2v) is 7.76. The number of nitrogens with one attached hydrogen (secondary N) is 1. The van der Waals surface area contributed by atoms with Crippen LogP contribution in [0.1, 0.15) is 53.4 Å². The molecule has 2 fully saturated rings. The van der Waals surface area contributed by atoms with Gasteiger partial charge in [-0.3, -0.25) is 0 Å². The Balaban J connectivity index is 1.94. The summed E-state index contributed by atoms with van der Waals surface area (Å²) >= 11 is 0. The zero-order valence-electron chi connectivity index (χ0n) is 13.9. The van der Waals surface area contributed by atoms with Crippen molar-refractivity contribution in [3.63, 3.8) is 0 Å². The summed E-state index contributed by atoms with van der Waals surface area (Å²) in [5.74, 6) is 2.38. The smallest absolute Gasteiger partial charge is 0.0758 e. The number of hydrogen-bond donors (Lipinski definition) is 2. The highest BCUT2D eigenvalue weighted by Gasteiger charge is 2.38. The van der Waals surface area contributed by atoms with Gasteiger partial charge in [-0.05, 0) is 56.9 Å². The van der Waals surface area contributed by atoms with Crippen LogP contribution < -0.4 is 5.32 Å². The Bertz CT molecular complexity index is 305. The topological polar surface area (TPSA) is 35.5 Å². The Kier molecular flexibility index (Phi) is 5.49. The molecule has 0 spiro atoms. The summed E-state index contributed by atoms with van der Waals surface area (Å²) < 4.78 is 0. The fourth-order valence-electron chi connectivity index (χ4n) is 4.27.